The monoisotopic (exact) mass is 515 g/mol. The van der Waals surface area contributed by atoms with Crippen LogP contribution in [0.2, 0.25) is 5.82 Å². The average molecular weight is 515 g/mol. The molecule has 3 aliphatic rings. The molecule has 0 aliphatic carbocycles. The second-order valence-electron chi connectivity index (χ2n) is 11.2. The Kier molecular flexibility index (Phi) is 7.16. The van der Waals surface area contributed by atoms with Crippen molar-refractivity contribution < 1.29 is 14.8 Å². The number of rotatable bonds is 6. The number of likely N-dealkylation sites (N-methyl/N-ethyl adjacent to an activating group) is 1. The Morgan fingerprint density at radius 3 is 2.50 bits per heavy atom. The summed E-state index contributed by atoms with van der Waals surface area (Å²) in [6.45, 7) is 7.00. The quantitative estimate of drug-likeness (QED) is 0.484. The highest BCUT2D eigenvalue weighted by Crippen LogP contribution is 2.37. The number of nitrogens with zero attached hydrogens (tertiary/aromatic N) is 5. The predicted molar refractivity (Wildman–Crippen MR) is 152 cm³/mol. The Labute approximate surface area is 225 Å². The number of likely N-dealkylation sites (tertiary alicyclic amines) is 1. The lowest BCUT2D eigenvalue weighted by Gasteiger charge is -2.37. The zero-order valence-electron chi connectivity index (χ0n) is 22.5. The number of aromatic nitrogens is 2. The van der Waals surface area contributed by atoms with Crippen molar-refractivity contribution in [2.75, 3.05) is 49.6 Å². The van der Waals surface area contributed by atoms with E-state index in [1.165, 1.54) is 34.0 Å². The van der Waals surface area contributed by atoms with Crippen molar-refractivity contribution in [3.63, 3.8) is 0 Å². The first kappa shape index (κ1) is 25.4. The van der Waals surface area contributed by atoms with Crippen LogP contribution in [-0.2, 0) is 13.0 Å². The van der Waals surface area contributed by atoms with Crippen LogP contribution in [0.3, 0.4) is 0 Å². The summed E-state index contributed by atoms with van der Waals surface area (Å²) in [6, 6.07) is 13.9. The number of benzene rings is 2. The maximum absolute atomic E-state index is 9.68. The molecule has 4 heterocycles. The lowest BCUT2D eigenvalue weighted by Crippen LogP contribution is -2.39. The van der Waals surface area contributed by atoms with Crippen molar-refractivity contribution in [2.24, 2.45) is 0 Å². The van der Waals surface area contributed by atoms with Crippen molar-refractivity contribution >= 4 is 29.4 Å². The number of piperidine rings is 1. The van der Waals surface area contributed by atoms with Gasteiger partial charge in [-0.1, -0.05) is 30.3 Å². The van der Waals surface area contributed by atoms with E-state index in [0.29, 0.717) is 25.2 Å². The summed E-state index contributed by atoms with van der Waals surface area (Å²) in [5.41, 5.74) is 4.77. The third-order valence-electron chi connectivity index (χ3n) is 8.79. The second kappa shape index (κ2) is 10.7. The van der Waals surface area contributed by atoms with Crippen LogP contribution in [0.4, 0.5) is 11.5 Å². The fourth-order valence-corrected chi connectivity index (χ4v) is 6.46. The van der Waals surface area contributed by atoms with E-state index < -0.39 is 7.12 Å². The Morgan fingerprint density at radius 1 is 0.974 bits per heavy atom. The zero-order chi connectivity index (χ0) is 26.2. The predicted octanol–water partition coefficient (Wildman–Crippen LogP) is 3.42. The first-order chi connectivity index (χ1) is 18.5. The van der Waals surface area contributed by atoms with E-state index in [4.69, 9.17) is 14.7 Å². The summed E-state index contributed by atoms with van der Waals surface area (Å²) < 4.78 is 6.26. The SMILES string of the molecule is Cc1cccc2cccc(N3CCc4c(nc(OCC5CCCN5C)nc4N4CCC(B(O)O)CC4)C3)c12. The van der Waals surface area contributed by atoms with Gasteiger partial charge in [0.2, 0.25) is 0 Å². The summed E-state index contributed by atoms with van der Waals surface area (Å²) in [4.78, 5) is 17.0. The Balaban J connectivity index is 1.31. The van der Waals surface area contributed by atoms with Crippen LogP contribution < -0.4 is 14.5 Å². The van der Waals surface area contributed by atoms with Crippen molar-refractivity contribution in [1.29, 1.82) is 0 Å². The van der Waals surface area contributed by atoms with Crippen LogP contribution in [0.15, 0.2) is 36.4 Å². The third-order valence-corrected chi connectivity index (χ3v) is 8.79. The minimum Gasteiger partial charge on any atom is -0.462 e. The summed E-state index contributed by atoms with van der Waals surface area (Å²) in [6.07, 6.45) is 4.67. The molecule has 0 bridgehead atoms. The molecule has 8 nitrogen and oxygen atoms in total. The van der Waals surface area contributed by atoms with Gasteiger partial charge in [0, 0.05) is 42.3 Å². The minimum atomic E-state index is -1.25. The van der Waals surface area contributed by atoms with Crippen LogP contribution in [0, 0.1) is 6.92 Å². The average Bonchev–Trinajstić information content (AvgIpc) is 3.35. The molecule has 0 saturated carbocycles. The van der Waals surface area contributed by atoms with Crippen LogP contribution in [0.25, 0.3) is 10.8 Å². The standard InChI is InChI=1S/C29H38BN5O3/c1-20-6-3-7-21-8-4-10-26(27(20)21)35-17-13-24-25(18-35)31-29(38-19-23-9-5-14-33(23)2)32-28(24)34-15-11-22(12-16-34)30(36)37/h3-4,6-8,10,22-23,36-37H,5,9,11-19H2,1-2H3. The molecule has 2 aromatic carbocycles. The van der Waals surface area contributed by atoms with E-state index in [0.717, 1.165) is 63.4 Å². The highest BCUT2D eigenvalue weighted by molar-refractivity contribution is 6.43. The number of aryl methyl sites for hydroxylation is 1. The zero-order valence-corrected chi connectivity index (χ0v) is 22.5. The van der Waals surface area contributed by atoms with Gasteiger partial charge in [-0.2, -0.15) is 9.97 Å². The van der Waals surface area contributed by atoms with E-state index in [1.54, 1.807) is 0 Å². The van der Waals surface area contributed by atoms with Gasteiger partial charge in [0.1, 0.15) is 12.4 Å². The minimum absolute atomic E-state index is 0.0809. The smallest absolute Gasteiger partial charge is 0.454 e. The number of anilines is 2. The molecule has 3 aliphatic heterocycles. The van der Waals surface area contributed by atoms with Crippen molar-refractivity contribution in [3.8, 4) is 6.01 Å². The molecule has 3 aromatic rings. The fourth-order valence-electron chi connectivity index (χ4n) is 6.46. The van der Waals surface area contributed by atoms with Crippen LogP contribution in [-0.4, -0.2) is 77.9 Å². The fraction of sp³-hybridized carbons (Fsp3) is 0.517. The molecule has 1 atom stereocenters. The van der Waals surface area contributed by atoms with Gasteiger partial charge in [-0.3, -0.25) is 0 Å². The normalized spacial score (nSPS) is 20.7. The van der Waals surface area contributed by atoms with Crippen molar-refractivity contribution in [1.82, 2.24) is 14.9 Å². The van der Waals surface area contributed by atoms with Gasteiger partial charge in [0.05, 0.1) is 12.2 Å². The largest absolute Gasteiger partial charge is 0.462 e. The lowest BCUT2D eigenvalue weighted by atomic mass is 9.67. The highest BCUT2D eigenvalue weighted by Gasteiger charge is 2.32. The van der Waals surface area contributed by atoms with Crippen LogP contribution in [0.5, 0.6) is 6.01 Å². The second-order valence-corrected chi connectivity index (χ2v) is 11.2. The number of fused-ring (bicyclic) bond motifs is 2. The van der Waals surface area contributed by atoms with Gasteiger partial charge in [-0.15, -0.1) is 0 Å². The molecule has 0 spiro atoms. The molecule has 2 saturated heterocycles. The van der Waals surface area contributed by atoms with Gasteiger partial charge in [0.15, 0.2) is 0 Å². The first-order valence-corrected chi connectivity index (χ1v) is 14.0. The van der Waals surface area contributed by atoms with Gasteiger partial charge >= 0.3 is 13.1 Å². The summed E-state index contributed by atoms with van der Waals surface area (Å²) in [5.74, 6) is 0.882. The summed E-state index contributed by atoms with van der Waals surface area (Å²) in [7, 11) is 0.903. The molecule has 1 unspecified atom stereocenters. The van der Waals surface area contributed by atoms with E-state index in [-0.39, 0.29) is 5.82 Å². The maximum Gasteiger partial charge on any atom is 0.454 e. The van der Waals surface area contributed by atoms with Crippen LogP contribution >= 0.6 is 0 Å². The molecular formula is C29H38BN5O3. The molecule has 1 aromatic heterocycles. The molecular weight excluding hydrogens is 477 g/mol. The first-order valence-electron chi connectivity index (χ1n) is 14.0. The third kappa shape index (κ3) is 4.95. The molecule has 200 valence electrons. The molecule has 0 amide bonds. The van der Waals surface area contributed by atoms with Gasteiger partial charge in [-0.25, -0.2) is 0 Å². The number of hydrogen-bond donors (Lipinski definition) is 2. The Morgan fingerprint density at radius 2 is 1.76 bits per heavy atom. The van der Waals surface area contributed by atoms with Crippen molar-refractivity contribution in [2.45, 2.75) is 57.4 Å². The lowest BCUT2D eigenvalue weighted by molar-refractivity contribution is 0.187. The van der Waals surface area contributed by atoms with E-state index >= 15 is 0 Å². The van der Waals surface area contributed by atoms with Crippen LogP contribution in [0.1, 0.15) is 42.5 Å². The maximum atomic E-state index is 9.68. The molecule has 38 heavy (non-hydrogen) atoms. The van der Waals surface area contributed by atoms with Gasteiger partial charge < -0.3 is 29.5 Å². The van der Waals surface area contributed by atoms with E-state index in [2.05, 4.69) is 65.1 Å². The number of ether oxygens (including phenoxy) is 1. The van der Waals surface area contributed by atoms with E-state index in [9.17, 15) is 10.0 Å². The topological polar surface area (TPSA) is 85.2 Å². The highest BCUT2D eigenvalue weighted by atomic mass is 16.5. The van der Waals surface area contributed by atoms with Crippen molar-refractivity contribution in [3.05, 3.63) is 53.2 Å². The Hall–Kier alpha value is -2.88. The molecule has 2 N–H and O–H groups in total. The summed E-state index contributed by atoms with van der Waals surface area (Å²) >= 11 is 0. The number of hydrogen-bond acceptors (Lipinski definition) is 8. The van der Waals surface area contributed by atoms with E-state index in [1.807, 2.05) is 0 Å². The molecule has 6 rings (SSSR count). The molecule has 9 heteroatoms. The Bertz CT molecular complexity index is 1290. The summed E-state index contributed by atoms with van der Waals surface area (Å²) in [5, 5.41) is 21.9. The van der Waals surface area contributed by atoms with Gasteiger partial charge in [-0.05, 0) is 75.5 Å². The van der Waals surface area contributed by atoms with Gasteiger partial charge in [0.25, 0.3) is 0 Å². The molecule has 0 radical (unpaired) electrons. The molecule has 2 fully saturated rings.